The summed E-state index contributed by atoms with van der Waals surface area (Å²) in [6.45, 7) is 6.02. The van der Waals surface area contributed by atoms with Gasteiger partial charge in [0, 0.05) is 19.1 Å². The summed E-state index contributed by atoms with van der Waals surface area (Å²) in [5, 5.41) is 12.9. The second-order valence-corrected chi connectivity index (χ2v) is 3.93. The van der Waals surface area contributed by atoms with Crippen LogP contribution in [0.15, 0.2) is 10.6 Å². The summed E-state index contributed by atoms with van der Waals surface area (Å²) >= 11 is 0. The molecule has 12 heavy (non-hydrogen) atoms. The van der Waals surface area contributed by atoms with Crippen LogP contribution >= 0.6 is 0 Å². The minimum Gasteiger partial charge on any atom is -0.396 e. The highest BCUT2D eigenvalue weighted by molar-refractivity contribution is 5.05. The zero-order valence-electron chi connectivity index (χ0n) is 7.79. The third-order valence-corrected chi connectivity index (χ3v) is 1.76. The Kier molecular flexibility index (Phi) is 2.52. The summed E-state index contributed by atoms with van der Waals surface area (Å²) in [5.41, 5.74) is 0.801. The lowest BCUT2D eigenvalue weighted by atomic mass is 9.89. The normalized spacial score (nSPS) is 12.0. The molecule has 3 heteroatoms. The molecular formula is C9H15NO2. The van der Waals surface area contributed by atoms with E-state index < -0.39 is 0 Å². The highest BCUT2D eigenvalue weighted by atomic mass is 16.5. The Morgan fingerprint density at radius 2 is 2.25 bits per heavy atom. The maximum atomic E-state index is 9.00. The van der Waals surface area contributed by atoms with Crippen LogP contribution in [0.4, 0.5) is 0 Å². The van der Waals surface area contributed by atoms with Crippen LogP contribution in [0.25, 0.3) is 0 Å². The molecule has 1 aromatic rings. The number of hydrogen-bond donors (Lipinski definition) is 1. The lowest BCUT2D eigenvalue weighted by Gasteiger charge is -2.19. The lowest BCUT2D eigenvalue weighted by Crippen LogP contribution is -2.19. The van der Waals surface area contributed by atoms with Gasteiger partial charge >= 0.3 is 0 Å². The molecular weight excluding hydrogens is 154 g/mol. The molecule has 0 atom stereocenters. The molecule has 0 aliphatic heterocycles. The van der Waals surface area contributed by atoms with Crippen molar-refractivity contribution in [3.8, 4) is 0 Å². The third kappa shape index (κ3) is 2.34. The van der Waals surface area contributed by atoms with Crippen LogP contribution < -0.4 is 0 Å². The number of aryl methyl sites for hydroxylation is 1. The number of rotatable bonds is 3. The fourth-order valence-corrected chi connectivity index (χ4v) is 1.05. The molecule has 1 rings (SSSR count). The Morgan fingerprint density at radius 1 is 1.58 bits per heavy atom. The molecule has 0 saturated heterocycles. The number of aliphatic hydroxyl groups is 1. The summed E-state index contributed by atoms with van der Waals surface area (Å²) < 4.78 is 4.92. The van der Waals surface area contributed by atoms with E-state index in [0.717, 1.165) is 17.9 Å². The van der Waals surface area contributed by atoms with Crippen LogP contribution in [-0.2, 0) is 6.42 Å². The molecule has 0 aromatic carbocycles. The van der Waals surface area contributed by atoms with Crippen LogP contribution in [0, 0.1) is 12.3 Å². The van der Waals surface area contributed by atoms with E-state index in [0.29, 0.717) is 0 Å². The number of aliphatic hydroxyl groups excluding tert-OH is 1. The largest absolute Gasteiger partial charge is 0.396 e. The van der Waals surface area contributed by atoms with E-state index in [1.54, 1.807) is 0 Å². The van der Waals surface area contributed by atoms with E-state index in [1.807, 2.05) is 26.8 Å². The van der Waals surface area contributed by atoms with Gasteiger partial charge in [0.15, 0.2) is 0 Å². The second-order valence-electron chi connectivity index (χ2n) is 3.93. The summed E-state index contributed by atoms with van der Waals surface area (Å²) in [6.07, 6.45) is 0.751. The van der Waals surface area contributed by atoms with Gasteiger partial charge in [-0.25, -0.2) is 0 Å². The Hall–Kier alpha value is -0.830. The van der Waals surface area contributed by atoms with Gasteiger partial charge in [-0.2, -0.15) is 0 Å². The maximum absolute atomic E-state index is 9.00. The van der Waals surface area contributed by atoms with Crippen LogP contribution in [0.5, 0.6) is 0 Å². The van der Waals surface area contributed by atoms with Crippen molar-refractivity contribution in [1.29, 1.82) is 0 Å². The summed E-state index contributed by atoms with van der Waals surface area (Å²) in [7, 11) is 0. The quantitative estimate of drug-likeness (QED) is 0.746. The smallest absolute Gasteiger partial charge is 0.133 e. The first-order valence-electron chi connectivity index (χ1n) is 4.06. The van der Waals surface area contributed by atoms with Gasteiger partial charge in [0.05, 0.1) is 5.69 Å². The van der Waals surface area contributed by atoms with Crippen molar-refractivity contribution >= 4 is 0 Å². The van der Waals surface area contributed by atoms with Crippen molar-refractivity contribution in [3.05, 3.63) is 17.5 Å². The number of nitrogens with zero attached hydrogens (tertiary/aromatic N) is 1. The first kappa shape index (κ1) is 9.26. The molecule has 0 saturated carbocycles. The van der Waals surface area contributed by atoms with Gasteiger partial charge in [0.1, 0.15) is 5.76 Å². The fourth-order valence-electron chi connectivity index (χ4n) is 1.05. The predicted molar refractivity (Wildman–Crippen MR) is 45.8 cm³/mol. The molecule has 68 valence electrons. The first-order chi connectivity index (χ1) is 5.53. The molecule has 0 aliphatic rings. The first-order valence-corrected chi connectivity index (χ1v) is 4.06. The van der Waals surface area contributed by atoms with Crippen LogP contribution in [0.1, 0.15) is 25.3 Å². The summed E-state index contributed by atoms with van der Waals surface area (Å²) in [6, 6.07) is 1.90. The number of hydrogen-bond acceptors (Lipinski definition) is 3. The monoisotopic (exact) mass is 169 g/mol. The topological polar surface area (TPSA) is 46.3 Å². The Morgan fingerprint density at radius 3 is 2.67 bits per heavy atom. The van der Waals surface area contributed by atoms with E-state index in [4.69, 9.17) is 9.63 Å². The molecule has 0 bridgehead atoms. The summed E-state index contributed by atoms with van der Waals surface area (Å²) in [4.78, 5) is 0. The van der Waals surface area contributed by atoms with Gasteiger partial charge in [0.25, 0.3) is 0 Å². The van der Waals surface area contributed by atoms with E-state index in [2.05, 4.69) is 5.16 Å². The molecule has 1 aromatic heterocycles. The minimum absolute atomic E-state index is 0.108. The highest BCUT2D eigenvalue weighted by Gasteiger charge is 2.18. The SMILES string of the molecule is Cc1cc(CC(C)(C)CO)no1. The molecule has 0 aliphatic carbocycles. The summed E-state index contributed by atoms with van der Waals surface area (Å²) in [5.74, 6) is 0.818. The van der Waals surface area contributed by atoms with E-state index in [9.17, 15) is 0 Å². The van der Waals surface area contributed by atoms with Crippen LogP contribution in [-0.4, -0.2) is 16.9 Å². The van der Waals surface area contributed by atoms with Crippen molar-refractivity contribution < 1.29 is 9.63 Å². The van der Waals surface area contributed by atoms with Crippen molar-refractivity contribution in [3.63, 3.8) is 0 Å². The lowest BCUT2D eigenvalue weighted by molar-refractivity contribution is 0.157. The fraction of sp³-hybridized carbons (Fsp3) is 0.667. The van der Waals surface area contributed by atoms with Gasteiger partial charge in [-0.3, -0.25) is 0 Å². The average molecular weight is 169 g/mol. The van der Waals surface area contributed by atoms with Crippen molar-refractivity contribution in [2.75, 3.05) is 6.61 Å². The second kappa shape index (κ2) is 3.27. The van der Waals surface area contributed by atoms with Crippen molar-refractivity contribution in [1.82, 2.24) is 5.16 Å². The van der Waals surface area contributed by atoms with E-state index >= 15 is 0 Å². The zero-order chi connectivity index (χ0) is 9.19. The van der Waals surface area contributed by atoms with E-state index in [-0.39, 0.29) is 12.0 Å². The maximum Gasteiger partial charge on any atom is 0.133 e. The molecule has 0 fully saturated rings. The molecule has 0 amide bonds. The third-order valence-electron chi connectivity index (χ3n) is 1.76. The van der Waals surface area contributed by atoms with Gasteiger partial charge < -0.3 is 9.63 Å². The Balaban J connectivity index is 2.63. The standard InChI is InChI=1S/C9H15NO2/c1-7-4-8(10-12-7)5-9(2,3)6-11/h4,11H,5-6H2,1-3H3. The molecule has 3 nitrogen and oxygen atoms in total. The van der Waals surface area contributed by atoms with Crippen LogP contribution in [0.2, 0.25) is 0 Å². The molecule has 0 radical (unpaired) electrons. The van der Waals surface area contributed by atoms with Crippen molar-refractivity contribution in [2.24, 2.45) is 5.41 Å². The predicted octanol–water partition coefficient (Wildman–Crippen LogP) is 1.54. The zero-order valence-corrected chi connectivity index (χ0v) is 7.79. The number of aromatic nitrogens is 1. The van der Waals surface area contributed by atoms with Gasteiger partial charge in [-0.05, 0) is 12.3 Å². The Labute approximate surface area is 72.4 Å². The van der Waals surface area contributed by atoms with Crippen LogP contribution in [0.3, 0.4) is 0 Å². The van der Waals surface area contributed by atoms with Gasteiger partial charge in [0.2, 0.25) is 0 Å². The molecule has 1 N–H and O–H groups in total. The van der Waals surface area contributed by atoms with E-state index in [1.165, 1.54) is 0 Å². The molecule has 1 heterocycles. The van der Waals surface area contributed by atoms with Gasteiger partial charge in [-0.1, -0.05) is 19.0 Å². The molecule has 0 unspecified atom stereocenters. The molecule has 0 spiro atoms. The minimum atomic E-state index is -0.108. The van der Waals surface area contributed by atoms with Gasteiger partial charge in [-0.15, -0.1) is 0 Å². The Bertz CT molecular complexity index is 253. The highest BCUT2D eigenvalue weighted by Crippen LogP contribution is 2.20. The average Bonchev–Trinajstić information content (AvgIpc) is 2.35. The van der Waals surface area contributed by atoms with Crippen molar-refractivity contribution in [2.45, 2.75) is 27.2 Å².